The number of fused-ring (bicyclic) bond motifs is 1. The summed E-state index contributed by atoms with van der Waals surface area (Å²) in [6.07, 6.45) is 1.66. The predicted octanol–water partition coefficient (Wildman–Crippen LogP) is 6.62. The summed E-state index contributed by atoms with van der Waals surface area (Å²) in [5, 5.41) is 3.57. The van der Waals surface area contributed by atoms with Crippen LogP contribution in [-0.2, 0) is 5.75 Å². The number of pyridine rings is 1. The number of carbonyl (C=O) groups excluding carboxylic acids is 1. The first kappa shape index (κ1) is 21.9. The third-order valence-electron chi connectivity index (χ3n) is 5.36. The number of aromatic amines is 1. The average Bonchev–Trinajstić information content (AvgIpc) is 3.27. The van der Waals surface area contributed by atoms with Crippen molar-refractivity contribution in [2.45, 2.75) is 17.7 Å². The van der Waals surface area contributed by atoms with Gasteiger partial charge in [0.2, 0.25) is 0 Å². The highest BCUT2D eigenvalue weighted by atomic mass is 32.2. The lowest BCUT2D eigenvalue weighted by molar-refractivity contribution is 0.102. The maximum atomic E-state index is 13.1. The van der Waals surface area contributed by atoms with E-state index in [2.05, 4.69) is 26.3 Å². The standard InChI is InChI=1S/C27H21FN4OS/c1-17-4-13-23-24(15-17)32-25(31-23)19-7-11-21(12-8-19)30-26(33)22-3-2-14-29-27(22)34-16-18-5-9-20(28)10-6-18/h2-15H,16H2,1H3,(H,30,33)(H,31,32). The van der Waals surface area contributed by atoms with Crippen LogP contribution in [0.2, 0.25) is 0 Å². The normalized spacial score (nSPS) is 11.0. The first-order chi connectivity index (χ1) is 16.5. The van der Waals surface area contributed by atoms with Crippen molar-refractivity contribution >= 4 is 34.4 Å². The second-order valence-electron chi connectivity index (χ2n) is 7.91. The Hall–Kier alpha value is -3.97. The molecule has 2 aromatic heterocycles. The Morgan fingerprint density at radius 3 is 2.62 bits per heavy atom. The molecule has 0 fully saturated rings. The number of nitrogens with one attached hydrogen (secondary N) is 2. The molecule has 0 aliphatic rings. The van der Waals surface area contributed by atoms with E-state index in [1.807, 2.05) is 43.3 Å². The highest BCUT2D eigenvalue weighted by Gasteiger charge is 2.14. The van der Waals surface area contributed by atoms with Gasteiger partial charge in [-0.25, -0.2) is 14.4 Å². The molecule has 3 aromatic carbocycles. The van der Waals surface area contributed by atoms with Crippen LogP contribution in [0.5, 0.6) is 0 Å². The fourth-order valence-corrected chi connectivity index (χ4v) is 4.53. The molecule has 1 amide bonds. The second-order valence-corrected chi connectivity index (χ2v) is 8.87. The Morgan fingerprint density at radius 2 is 1.82 bits per heavy atom. The predicted molar refractivity (Wildman–Crippen MR) is 134 cm³/mol. The number of anilines is 1. The number of aryl methyl sites for hydroxylation is 1. The molecular weight excluding hydrogens is 447 g/mol. The molecular formula is C27H21FN4OS. The number of H-pyrrole nitrogens is 1. The number of benzene rings is 3. The van der Waals surface area contributed by atoms with Gasteiger partial charge in [0.15, 0.2) is 0 Å². The molecule has 0 atom stereocenters. The lowest BCUT2D eigenvalue weighted by Gasteiger charge is -2.10. The Balaban J connectivity index is 1.29. The number of thioether (sulfide) groups is 1. The quantitative estimate of drug-likeness (QED) is 0.275. The summed E-state index contributed by atoms with van der Waals surface area (Å²) in [6, 6.07) is 23.5. The molecule has 0 saturated carbocycles. The fraction of sp³-hybridized carbons (Fsp3) is 0.0741. The van der Waals surface area contributed by atoms with Crippen LogP contribution >= 0.6 is 11.8 Å². The van der Waals surface area contributed by atoms with E-state index in [1.54, 1.807) is 30.5 Å². The summed E-state index contributed by atoms with van der Waals surface area (Å²) in [7, 11) is 0. The van der Waals surface area contributed by atoms with Crippen molar-refractivity contribution in [1.29, 1.82) is 0 Å². The first-order valence-electron chi connectivity index (χ1n) is 10.8. The van der Waals surface area contributed by atoms with Crippen LogP contribution in [0.15, 0.2) is 90.1 Å². The van der Waals surface area contributed by atoms with Crippen LogP contribution in [-0.4, -0.2) is 20.9 Å². The summed E-state index contributed by atoms with van der Waals surface area (Å²) in [6.45, 7) is 2.05. The fourth-order valence-electron chi connectivity index (χ4n) is 3.58. The van der Waals surface area contributed by atoms with Crippen molar-refractivity contribution in [2.75, 3.05) is 5.32 Å². The van der Waals surface area contributed by atoms with Crippen LogP contribution in [0.3, 0.4) is 0 Å². The molecule has 2 heterocycles. The molecule has 5 aromatic rings. The molecule has 5 nitrogen and oxygen atoms in total. The van der Waals surface area contributed by atoms with Crippen LogP contribution < -0.4 is 5.32 Å². The van der Waals surface area contributed by atoms with Crippen LogP contribution in [0.1, 0.15) is 21.5 Å². The molecule has 5 rings (SSSR count). The number of carbonyl (C=O) groups is 1. The average molecular weight is 469 g/mol. The number of rotatable bonds is 6. The van der Waals surface area contributed by atoms with Crippen molar-refractivity contribution in [3.8, 4) is 11.4 Å². The van der Waals surface area contributed by atoms with E-state index in [9.17, 15) is 9.18 Å². The zero-order valence-corrected chi connectivity index (χ0v) is 19.2. The van der Waals surface area contributed by atoms with Crippen LogP contribution in [0.4, 0.5) is 10.1 Å². The third kappa shape index (κ3) is 4.84. The highest BCUT2D eigenvalue weighted by molar-refractivity contribution is 7.98. The third-order valence-corrected chi connectivity index (χ3v) is 6.43. The Morgan fingerprint density at radius 1 is 1.03 bits per heavy atom. The molecule has 0 unspecified atom stereocenters. The van der Waals surface area contributed by atoms with Crippen molar-refractivity contribution in [3.63, 3.8) is 0 Å². The van der Waals surface area contributed by atoms with Crippen molar-refractivity contribution in [2.24, 2.45) is 0 Å². The Kier molecular flexibility index (Phi) is 6.10. The molecule has 0 bridgehead atoms. The number of amides is 1. The van der Waals surface area contributed by atoms with Gasteiger partial charge in [-0.15, -0.1) is 11.8 Å². The molecule has 0 spiro atoms. The molecule has 2 N–H and O–H groups in total. The van der Waals surface area contributed by atoms with E-state index < -0.39 is 0 Å². The largest absolute Gasteiger partial charge is 0.338 e. The molecule has 7 heteroatoms. The summed E-state index contributed by atoms with van der Waals surface area (Å²) in [5.74, 6) is 0.864. The number of nitrogens with zero attached hydrogens (tertiary/aromatic N) is 2. The minimum Gasteiger partial charge on any atom is -0.338 e. The lowest BCUT2D eigenvalue weighted by Crippen LogP contribution is -2.13. The van der Waals surface area contributed by atoms with Crippen molar-refractivity contribution in [1.82, 2.24) is 15.0 Å². The number of aromatic nitrogens is 3. The van der Waals surface area contributed by atoms with Crippen LogP contribution in [0, 0.1) is 12.7 Å². The van der Waals surface area contributed by atoms with Crippen molar-refractivity contribution in [3.05, 3.63) is 108 Å². The van der Waals surface area contributed by atoms with Crippen molar-refractivity contribution < 1.29 is 9.18 Å². The van der Waals surface area contributed by atoms with Gasteiger partial charge in [0.25, 0.3) is 5.91 Å². The second kappa shape index (κ2) is 9.49. The Bertz CT molecular complexity index is 1460. The summed E-state index contributed by atoms with van der Waals surface area (Å²) in [4.78, 5) is 25.3. The number of hydrogen-bond acceptors (Lipinski definition) is 4. The van der Waals surface area contributed by atoms with Gasteiger partial charge >= 0.3 is 0 Å². The highest BCUT2D eigenvalue weighted by Crippen LogP contribution is 2.26. The van der Waals surface area contributed by atoms with E-state index in [1.165, 1.54) is 29.5 Å². The van der Waals surface area contributed by atoms with Gasteiger partial charge in [-0.3, -0.25) is 4.79 Å². The maximum absolute atomic E-state index is 13.1. The van der Waals surface area contributed by atoms with Gasteiger partial charge in [0.1, 0.15) is 16.7 Å². The number of imidazole rings is 1. The first-order valence-corrected chi connectivity index (χ1v) is 11.7. The molecule has 0 aliphatic heterocycles. The van der Waals surface area contributed by atoms with E-state index in [4.69, 9.17) is 0 Å². The number of halogens is 1. The molecule has 34 heavy (non-hydrogen) atoms. The lowest BCUT2D eigenvalue weighted by atomic mass is 10.2. The van der Waals surface area contributed by atoms with E-state index in [-0.39, 0.29) is 11.7 Å². The van der Waals surface area contributed by atoms with Gasteiger partial charge in [0, 0.05) is 23.2 Å². The molecule has 0 aliphatic carbocycles. The van der Waals surface area contributed by atoms with Gasteiger partial charge in [-0.05, 0) is 78.7 Å². The van der Waals surface area contributed by atoms with Crippen LogP contribution in [0.25, 0.3) is 22.4 Å². The number of hydrogen-bond donors (Lipinski definition) is 2. The zero-order valence-electron chi connectivity index (χ0n) is 18.4. The smallest absolute Gasteiger partial charge is 0.258 e. The van der Waals surface area contributed by atoms with Gasteiger partial charge < -0.3 is 10.3 Å². The monoisotopic (exact) mass is 468 g/mol. The summed E-state index contributed by atoms with van der Waals surface area (Å²) in [5.41, 5.74) is 6.15. The summed E-state index contributed by atoms with van der Waals surface area (Å²) >= 11 is 1.44. The van der Waals surface area contributed by atoms with E-state index in [0.29, 0.717) is 22.0 Å². The molecule has 168 valence electrons. The zero-order chi connectivity index (χ0) is 23.5. The van der Waals surface area contributed by atoms with Gasteiger partial charge in [-0.2, -0.15) is 0 Å². The Labute approximate surface area is 200 Å². The topological polar surface area (TPSA) is 70.7 Å². The minimum absolute atomic E-state index is 0.235. The van der Waals surface area contributed by atoms with Gasteiger partial charge in [0.05, 0.1) is 16.6 Å². The summed E-state index contributed by atoms with van der Waals surface area (Å²) < 4.78 is 13.1. The minimum atomic E-state index is -0.270. The van der Waals surface area contributed by atoms with Gasteiger partial charge in [-0.1, -0.05) is 18.2 Å². The molecule has 0 radical (unpaired) electrons. The molecule has 0 saturated heterocycles. The maximum Gasteiger partial charge on any atom is 0.258 e. The van der Waals surface area contributed by atoms with E-state index >= 15 is 0 Å². The SMILES string of the molecule is Cc1ccc2nc(-c3ccc(NC(=O)c4cccnc4SCc4ccc(F)cc4)cc3)[nH]c2c1. The van der Waals surface area contributed by atoms with E-state index in [0.717, 1.165) is 28.0 Å².